The molecule has 0 aromatic carbocycles. The molecule has 0 atom stereocenters. The van der Waals surface area contributed by atoms with E-state index in [0.29, 0.717) is 0 Å². The van der Waals surface area contributed by atoms with Crippen LogP contribution >= 0.6 is 131 Å². The van der Waals surface area contributed by atoms with Crippen molar-refractivity contribution in [2.75, 3.05) is 7.05 Å². The highest BCUT2D eigenvalue weighted by atomic mass is 127. The molecule has 0 bridgehead atoms. The predicted molar refractivity (Wildman–Crippen MR) is 107 cm³/mol. The number of hydrogen-bond donors (Lipinski definition) is 0. The smallest absolute Gasteiger partial charge is 0.0120 e. The first kappa shape index (κ1) is 15.0. The molecule has 0 aliphatic carbocycles. The van der Waals surface area contributed by atoms with Crippen LogP contribution in [0.15, 0.2) is 0 Å². The molecule has 0 fully saturated rings. The zero-order chi connectivity index (χ0) is 8.58. The zero-order valence-electron chi connectivity index (χ0n) is 4.53. The lowest BCUT2D eigenvalue weighted by Gasteiger charge is -2.38. The Morgan fingerprint density at radius 3 is 1.00 bits per heavy atom. The van der Waals surface area contributed by atoms with Gasteiger partial charge in [0, 0.05) is 134 Å². The Morgan fingerprint density at radius 1 is 0.800 bits per heavy atom. The Bertz CT molecular complexity index is 99.9. The van der Waals surface area contributed by atoms with Gasteiger partial charge in [0.15, 0.2) is 0 Å². The Hall–Kier alpha value is 5.04. The molecule has 0 aromatic heterocycles. The Kier molecular flexibility index (Phi) is 8.94. The number of nitrogens with zero attached hydrogens (tertiary/aromatic N) is 1. The average Bonchev–Trinajstić information content (AvgIpc) is 1.59. The molecule has 0 unspecified atom stereocenters. The zero-order valence-corrected chi connectivity index (χ0v) is 19.1. The van der Waals surface area contributed by atoms with Gasteiger partial charge >= 0.3 is 0 Å². The summed E-state index contributed by atoms with van der Waals surface area (Å²) in [6, 6.07) is 0. The van der Waals surface area contributed by atoms with Crippen LogP contribution in [0.3, 0.4) is 0 Å². The lowest BCUT2D eigenvalue weighted by molar-refractivity contribution is 0.967. The first-order chi connectivity index (χ1) is 4.15. The molecular formula is CH3I6NS2. The topological polar surface area (TPSA) is 3.24 Å². The van der Waals surface area contributed by atoms with Crippen LogP contribution in [0.4, 0.5) is 0 Å². The van der Waals surface area contributed by atoms with E-state index in [1.54, 1.807) is 0 Å². The first-order valence-corrected chi connectivity index (χ1v) is 20.2. The van der Waals surface area contributed by atoms with Gasteiger partial charge in [-0.05, 0) is 3.46 Å². The van der Waals surface area contributed by atoms with Crippen LogP contribution in [0.5, 0.6) is 0 Å². The van der Waals surface area contributed by atoms with E-state index < -0.39 is 3.46 Å². The molecule has 0 amide bonds. The van der Waals surface area contributed by atoms with Crippen molar-refractivity contribution in [2.45, 2.75) is 0 Å². The van der Waals surface area contributed by atoms with E-state index in [2.05, 4.69) is 138 Å². The van der Waals surface area contributed by atoms with Gasteiger partial charge < -0.3 is 0 Å². The van der Waals surface area contributed by atoms with Gasteiger partial charge in [0.1, 0.15) is 0 Å². The van der Waals surface area contributed by atoms with Gasteiger partial charge in [-0.3, -0.25) is 0 Å². The summed E-state index contributed by atoms with van der Waals surface area (Å²) in [5.74, 6) is 0. The van der Waals surface area contributed by atoms with Crippen LogP contribution in [0.25, 0.3) is 0 Å². The predicted octanol–water partition coefficient (Wildman–Crippen LogP) is 6.46. The minimum absolute atomic E-state index is 0.603. The van der Waals surface area contributed by atoms with Gasteiger partial charge in [-0.2, -0.15) is 3.71 Å². The standard InChI is InChI=1S/CH3I6NS2/c1-8(9(2,3)4)10(5,6)7/h1H3. The lowest BCUT2D eigenvalue weighted by Crippen LogP contribution is -2.05. The molecule has 0 heterocycles. The minimum atomic E-state index is -0.603. The van der Waals surface area contributed by atoms with Crippen molar-refractivity contribution in [3.05, 3.63) is 0 Å². The SMILES string of the molecule is CN(S(I)(I)I)S(I)(I)I. The summed E-state index contributed by atoms with van der Waals surface area (Å²) >= 11 is 15.1. The van der Waals surface area contributed by atoms with E-state index in [1.165, 1.54) is 0 Å². The highest BCUT2D eigenvalue weighted by molar-refractivity contribution is 14.5. The second kappa shape index (κ2) is 5.94. The number of rotatable bonds is 2. The summed E-state index contributed by atoms with van der Waals surface area (Å²) in [7, 11) is 2.20. The largest absolute Gasteiger partial charge is 0.184 e. The van der Waals surface area contributed by atoms with E-state index in [9.17, 15) is 0 Å². The van der Waals surface area contributed by atoms with Crippen molar-refractivity contribution < 1.29 is 0 Å². The molecule has 9 heteroatoms. The minimum Gasteiger partial charge on any atom is -0.184 e. The van der Waals surface area contributed by atoms with Crippen LogP contribution < -0.4 is 0 Å². The van der Waals surface area contributed by atoms with Crippen molar-refractivity contribution in [3.63, 3.8) is 0 Å². The number of hydrogen-bond acceptors (Lipinski definition) is 1. The van der Waals surface area contributed by atoms with Crippen LogP contribution in [0.1, 0.15) is 0 Å². The molecule has 0 saturated carbocycles. The van der Waals surface area contributed by atoms with E-state index in [-0.39, 0.29) is 0 Å². The Balaban J connectivity index is 4.23. The third-order valence-electron chi connectivity index (χ3n) is 0.583. The normalized spacial score (nSPS) is 17.6. The van der Waals surface area contributed by atoms with Crippen molar-refractivity contribution >= 4 is 131 Å². The summed E-state index contributed by atoms with van der Waals surface area (Å²) in [4.78, 5) is 0. The maximum absolute atomic E-state index is 2.52. The van der Waals surface area contributed by atoms with Gasteiger partial charge in [0.05, 0.1) is 0 Å². The average molecular weight is 855 g/mol. The molecule has 1 nitrogen and oxygen atoms in total. The van der Waals surface area contributed by atoms with E-state index >= 15 is 0 Å². The summed E-state index contributed by atoms with van der Waals surface area (Å²) < 4.78 is 1.26. The third kappa shape index (κ3) is 6.51. The van der Waals surface area contributed by atoms with Crippen LogP contribution in [-0.4, -0.2) is 10.8 Å². The molecule has 0 saturated heterocycles. The molecule has 0 aliphatic rings. The summed E-state index contributed by atoms with van der Waals surface area (Å²) in [6.07, 6.45) is 0. The van der Waals surface area contributed by atoms with Gasteiger partial charge in [-0.25, -0.2) is 0 Å². The maximum Gasteiger partial charge on any atom is 0.0120 e. The maximum atomic E-state index is 2.52. The number of halogens is 6. The Morgan fingerprint density at radius 2 is 1.00 bits per heavy atom. The highest BCUT2D eigenvalue weighted by Crippen LogP contribution is 2.87. The molecular weight excluding hydrogens is 852 g/mol. The second-order valence-corrected chi connectivity index (χ2v) is 57.3. The van der Waals surface area contributed by atoms with E-state index in [0.717, 1.165) is 0 Å². The first-order valence-electron chi connectivity index (χ1n) is 1.74. The van der Waals surface area contributed by atoms with Crippen molar-refractivity contribution in [1.29, 1.82) is 0 Å². The fourth-order valence-corrected chi connectivity index (χ4v) is 38.8. The summed E-state index contributed by atoms with van der Waals surface area (Å²) in [5, 5.41) is 0. The quantitative estimate of drug-likeness (QED) is 0.289. The van der Waals surface area contributed by atoms with Crippen molar-refractivity contribution in [3.8, 4) is 0 Å². The molecule has 0 rings (SSSR count). The highest BCUT2D eigenvalue weighted by Gasteiger charge is 2.29. The van der Waals surface area contributed by atoms with Crippen LogP contribution in [-0.2, 0) is 0 Å². The van der Waals surface area contributed by atoms with Crippen molar-refractivity contribution in [1.82, 2.24) is 3.71 Å². The van der Waals surface area contributed by atoms with E-state index in [1.807, 2.05) is 0 Å². The van der Waals surface area contributed by atoms with E-state index in [4.69, 9.17) is 0 Å². The molecule has 66 valence electrons. The lowest BCUT2D eigenvalue weighted by atomic mass is 11.6. The fraction of sp³-hybridized carbons (Fsp3) is 1.00. The molecule has 0 aromatic rings. The van der Waals surface area contributed by atoms with Gasteiger partial charge in [0.2, 0.25) is 0 Å². The molecule has 0 N–H and O–H groups in total. The van der Waals surface area contributed by atoms with Gasteiger partial charge in [-0.1, -0.05) is 0 Å². The van der Waals surface area contributed by atoms with Crippen LogP contribution in [0, 0.1) is 0 Å². The van der Waals surface area contributed by atoms with Gasteiger partial charge in [-0.15, -0.1) is 0 Å². The Labute approximate surface area is 137 Å². The van der Waals surface area contributed by atoms with Gasteiger partial charge in [0.25, 0.3) is 0 Å². The molecule has 10 heavy (non-hydrogen) atoms. The molecule has 0 radical (unpaired) electrons. The fourth-order valence-electron chi connectivity index (χ4n) is 0.0958. The van der Waals surface area contributed by atoms with Crippen LogP contribution in [0.2, 0.25) is 0 Å². The second-order valence-electron chi connectivity index (χ2n) is 1.20. The monoisotopic (exact) mass is 854 g/mol. The summed E-state index contributed by atoms with van der Waals surface area (Å²) in [6.45, 7) is 0. The third-order valence-corrected chi connectivity index (χ3v) is 18.5. The molecule has 0 spiro atoms. The summed E-state index contributed by atoms with van der Waals surface area (Å²) in [5.41, 5.74) is 0. The van der Waals surface area contributed by atoms with Crippen molar-refractivity contribution in [2.24, 2.45) is 0 Å². The molecule has 0 aliphatic heterocycles.